The minimum absolute atomic E-state index is 0.0100. The fourth-order valence-corrected chi connectivity index (χ4v) is 2.86. The van der Waals surface area contributed by atoms with E-state index in [1.165, 1.54) is 18.2 Å². The average Bonchev–Trinajstić information content (AvgIpc) is 2.37. The highest BCUT2D eigenvalue weighted by atomic mass is 32.2. The molecular weight excluding hydrogens is 303 g/mol. The van der Waals surface area contributed by atoms with Crippen molar-refractivity contribution in [3.05, 3.63) is 65.5 Å². The van der Waals surface area contributed by atoms with Crippen molar-refractivity contribution in [2.24, 2.45) is 0 Å². The Morgan fingerprint density at radius 1 is 0.905 bits per heavy atom. The summed E-state index contributed by atoms with van der Waals surface area (Å²) in [4.78, 5) is -0.487. The van der Waals surface area contributed by atoms with Gasteiger partial charge in [-0.05, 0) is 36.2 Å². The third-order valence-corrected chi connectivity index (χ3v) is 4.18. The second kappa shape index (κ2) is 6.28. The Kier molecular flexibility index (Phi) is 4.64. The Bertz CT molecular complexity index is 727. The van der Waals surface area contributed by atoms with Gasteiger partial charge in [-0.25, -0.2) is 26.3 Å². The molecule has 0 aliphatic heterocycles. The van der Waals surface area contributed by atoms with E-state index >= 15 is 0 Å². The molecule has 0 unspecified atom stereocenters. The van der Waals surface area contributed by atoms with Crippen molar-refractivity contribution in [1.82, 2.24) is 4.72 Å². The smallest absolute Gasteiger partial charge is 0.211 e. The van der Waals surface area contributed by atoms with Crippen molar-refractivity contribution in [1.29, 1.82) is 0 Å². The Morgan fingerprint density at radius 2 is 1.57 bits per heavy atom. The third kappa shape index (κ3) is 4.30. The molecule has 1 N–H and O–H groups in total. The van der Waals surface area contributed by atoms with Crippen LogP contribution < -0.4 is 4.72 Å². The largest absolute Gasteiger partial charge is 0.240 e. The summed E-state index contributed by atoms with van der Waals surface area (Å²) in [5.41, 5.74) is 0.614. The molecule has 2 aromatic rings. The number of rotatable bonds is 5. The molecule has 3 nitrogen and oxygen atoms in total. The zero-order valence-corrected chi connectivity index (χ0v) is 11.6. The summed E-state index contributed by atoms with van der Waals surface area (Å²) in [6, 6.07) is 7.78. The second-order valence-electron chi connectivity index (χ2n) is 4.38. The molecule has 0 fully saturated rings. The second-order valence-corrected chi connectivity index (χ2v) is 6.15. The molecule has 0 amide bonds. The third-order valence-electron chi connectivity index (χ3n) is 2.74. The van der Waals surface area contributed by atoms with Gasteiger partial charge in [-0.3, -0.25) is 0 Å². The van der Waals surface area contributed by atoms with E-state index in [1.54, 1.807) is 6.07 Å². The summed E-state index contributed by atoms with van der Waals surface area (Å²) in [6.07, 6.45) is 0.259. The van der Waals surface area contributed by atoms with Gasteiger partial charge in [-0.1, -0.05) is 12.1 Å². The highest BCUT2D eigenvalue weighted by Gasteiger charge is 2.15. The zero-order valence-electron chi connectivity index (χ0n) is 10.8. The Hall–Kier alpha value is -1.86. The first-order valence-electron chi connectivity index (χ1n) is 6.07. The van der Waals surface area contributed by atoms with Gasteiger partial charge in [0.05, 0.1) is 4.90 Å². The van der Waals surface area contributed by atoms with Gasteiger partial charge in [0.15, 0.2) is 0 Å². The number of benzene rings is 2. The van der Waals surface area contributed by atoms with Gasteiger partial charge in [0.1, 0.15) is 17.5 Å². The summed E-state index contributed by atoms with van der Waals surface area (Å²) < 4.78 is 65.0. The first-order chi connectivity index (χ1) is 9.87. The van der Waals surface area contributed by atoms with Crippen molar-refractivity contribution < 1.29 is 21.6 Å². The molecule has 0 aliphatic carbocycles. The highest BCUT2D eigenvalue weighted by Crippen LogP contribution is 2.13. The molecule has 0 saturated carbocycles. The Morgan fingerprint density at radius 3 is 2.19 bits per heavy atom. The van der Waals surface area contributed by atoms with Crippen LogP contribution >= 0.6 is 0 Å². The fraction of sp³-hybridized carbons (Fsp3) is 0.143. The SMILES string of the molecule is O=S(=O)(NCCc1cccc(F)c1)c1cc(F)cc(F)c1. The predicted molar refractivity (Wildman–Crippen MR) is 71.7 cm³/mol. The van der Waals surface area contributed by atoms with Gasteiger partial charge in [0.25, 0.3) is 0 Å². The van der Waals surface area contributed by atoms with Gasteiger partial charge >= 0.3 is 0 Å². The lowest BCUT2D eigenvalue weighted by molar-refractivity contribution is 0.561. The van der Waals surface area contributed by atoms with Crippen LogP contribution in [-0.4, -0.2) is 15.0 Å². The monoisotopic (exact) mass is 315 g/mol. The number of nitrogens with one attached hydrogen (secondary N) is 1. The number of sulfonamides is 1. The lowest BCUT2D eigenvalue weighted by Crippen LogP contribution is -2.26. The van der Waals surface area contributed by atoms with Crippen LogP contribution in [0, 0.1) is 17.5 Å². The maximum Gasteiger partial charge on any atom is 0.240 e. The molecule has 0 bridgehead atoms. The van der Waals surface area contributed by atoms with Crippen molar-refractivity contribution >= 4 is 10.0 Å². The molecule has 2 aromatic carbocycles. The van der Waals surface area contributed by atoms with E-state index in [-0.39, 0.29) is 13.0 Å². The normalized spacial score (nSPS) is 11.6. The Balaban J connectivity index is 2.04. The van der Waals surface area contributed by atoms with Crippen LogP contribution in [0.4, 0.5) is 13.2 Å². The molecule has 7 heteroatoms. The zero-order chi connectivity index (χ0) is 15.5. The van der Waals surface area contributed by atoms with E-state index in [1.807, 2.05) is 0 Å². The summed E-state index contributed by atoms with van der Waals surface area (Å²) in [6.45, 7) is -0.0100. The summed E-state index contributed by atoms with van der Waals surface area (Å²) in [5, 5.41) is 0. The Labute approximate surface area is 120 Å². The van der Waals surface area contributed by atoms with Crippen LogP contribution in [0.2, 0.25) is 0 Å². The van der Waals surface area contributed by atoms with Gasteiger partial charge in [-0.15, -0.1) is 0 Å². The molecule has 2 rings (SSSR count). The van der Waals surface area contributed by atoms with Crippen LogP contribution in [0.5, 0.6) is 0 Å². The fourth-order valence-electron chi connectivity index (χ4n) is 1.79. The molecular formula is C14H12F3NO2S. The molecule has 21 heavy (non-hydrogen) atoms. The molecule has 0 spiro atoms. The number of halogens is 3. The minimum atomic E-state index is -4.01. The minimum Gasteiger partial charge on any atom is -0.211 e. The van der Waals surface area contributed by atoms with Gasteiger partial charge < -0.3 is 0 Å². The molecule has 0 heterocycles. The van der Waals surface area contributed by atoms with Crippen molar-refractivity contribution in [2.45, 2.75) is 11.3 Å². The van der Waals surface area contributed by atoms with E-state index < -0.39 is 32.4 Å². The van der Waals surface area contributed by atoms with Crippen molar-refractivity contribution in [3.63, 3.8) is 0 Å². The first kappa shape index (κ1) is 15.5. The topological polar surface area (TPSA) is 46.2 Å². The molecule has 112 valence electrons. The molecule has 0 aromatic heterocycles. The maximum absolute atomic E-state index is 13.0. The molecule has 0 saturated heterocycles. The molecule has 0 atom stereocenters. The maximum atomic E-state index is 13.0. The van der Waals surface area contributed by atoms with E-state index in [9.17, 15) is 21.6 Å². The van der Waals surface area contributed by atoms with E-state index in [0.29, 0.717) is 11.6 Å². The summed E-state index contributed by atoms with van der Waals surface area (Å²) >= 11 is 0. The van der Waals surface area contributed by atoms with Crippen LogP contribution in [-0.2, 0) is 16.4 Å². The van der Waals surface area contributed by atoms with Gasteiger partial charge in [0.2, 0.25) is 10.0 Å². The van der Waals surface area contributed by atoms with Crippen LogP contribution in [0.15, 0.2) is 47.4 Å². The van der Waals surface area contributed by atoms with Gasteiger partial charge in [-0.2, -0.15) is 0 Å². The molecule has 0 aliphatic rings. The van der Waals surface area contributed by atoms with E-state index in [2.05, 4.69) is 4.72 Å². The van der Waals surface area contributed by atoms with E-state index in [0.717, 1.165) is 12.1 Å². The van der Waals surface area contributed by atoms with Crippen molar-refractivity contribution in [2.75, 3.05) is 6.54 Å². The van der Waals surface area contributed by atoms with Crippen LogP contribution in [0.1, 0.15) is 5.56 Å². The average molecular weight is 315 g/mol. The summed E-state index contributed by atoms with van der Waals surface area (Å²) in [7, 11) is -4.01. The van der Waals surface area contributed by atoms with Gasteiger partial charge in [0, 0.05) is 12.6 Å². The lowest BCUT2D eigenvalue weighted by Gasteiger charge is -2.07. The highest BCUT2D eigenvalue weighted by molar-refractivity contribution is 7.89. The molecule has 0 radical (unpaired) electrons. The standard InChI is InChI=1S/C14H12F3NO2S/c15-11-3-1-2-10(6-11)4-5-18-21(19,20)14-8-12(16)7-13(17)9-14/h1-3,6-9,18H,4-5H2. The lowest BCUT2D eigenvalue weighted by atomic mass is 10.1. The van der Waals surface area contributed by atoms with Crippen LogP contribution in [0.25, 0.3) is 0 Å². The number of hydrogen-bond acceptors (Lipinski definition) is 2. The van der Waals surface area contributed by atoms with E-state index in [4.69, 9.17) is 0 Å². The quantitative estimate of drug-likeness (QED) is 0.922. The number of hydrogen-bond donors (Lipinski definition) is 1. The predicted octanol–water partition coefficient (Wildman–Crippen LogP) is 2.62. The first-order valence-corrected chi connectivity index (χ1v) is 7.55. The van der Waals surface area contributed by atoms with Crippen LogP contribution in [0.3, 0.4) is 0 Å². The summed E-state index contributed by atoms with van der Waals surface area (Å²) in [5.74, 6) is -2.36. The van der Waals surface area contributed by atoms with Crippen molar-refractivity contribution in [3.8, 4) is 0 Å².